The van der Waals surface area contributed by atoms with Gasteiger partial charge in [0, 0.05) is 18.6 Å². The summed E-state index contributed by atoms with van der Waals surface area (Å²) in [5, 5.41) is 3.33. The predicted octanol–water partition coefficient (Wildman–Crippen LogP) is 1.63. The molecule has 1 aliphatic heterocycles. The highest BCUT2D eigenvalue weighted by Gasteiger charge is 2.25. The number of rotatable bonds is 4. The molecule has 1 heterocycles. The van der Waals surface area contributed by atoms with Crippen LogP contribution in [0.15, 0.2) is 0 Å². The second-order valence-corrected chi connectivity index (χ2v) is 7.79. The number of hydrogen-bond donors (Lipinski definition) is 2. The Balaban J connectivity index is 1.79. The lowest BCUT2D eigenvalue weighted by molar-refractivity contribution is 0.359. The minimum atomic E-state index is -3.09. The molecule has 1 saturated carbocycles. The molecule has 1 saturated heterocycles. The first kappa shape index (κ1) is 14.3. The van der Waals surface area contributed by atoms with Crippen molar-refractivity contribution in [3.05, 3.63) is 0 Å². The van der Waals surface area contributed by atoms with Gasteiger partial charge < -0.3 is 5.32 Å². The van der Waals surface area contributed by atoms with E-state index in [4.69, 9.17) is 0 Å². The molecule has 18 heavy (non-hydrogen) atoms. The van der Waals surface area contributed by atoms with Gasteiger partial charge in [0.15, 0.2) is 0 Å². The number of nitrogens with one attached hydrogen (secondary N) is 2. The molecule has 2 unspecified atom stereocenters. The fourth-order valence-corrected chi connectivity index (χ4v) is 4.82. The van der Waals surface area contributed by atoms with E-state index in [1.54, 1.807) is 0 Å². The van der Waals surface area contributed by atoms with Crippen molar-refractivity contribution in [2.45, 2.75) is 64.0 Å². The molecule has 106 valence electrons. The standard InChI is InChI=1S/C13H26N2O2S/c1-11-7-8-13(9-14-11)15-18(16,17)10-12-5-3-2-4-6-12/h11-15H,2-10H2,1H3. The van der Waals surface area contributed by atoms with Crippen LogP contribution in [0.2, 0.25) is 0 Å². The van der Waals surface area contributed by atoms with Crippen LogP contribution in [0.4, 0.5) is 0 Å². The molecule has 5 heteroatoms. The van der Waals surface area contributed by atoms with Gasteiger partial charge in [0.2, 0.25) is 10.0 Å². The molecule has 2 atom stereocenters. The summed E-state index contributed by atoms with van der Waals surface area (Å²) in [7, 11) is -3.09. The Morgan fingerprint density at radius 1 is 1.11 bits per heavy atom. The summed E-state index contributed by atoms with van der Waals surface area (Å²) in [4.78, 5) is 0. The van der Waals surface area contributed by atoms with Crippen molar-refractivity contribution in [1.82, 2.24) is 10.0 Å². The van der Waals surface area contributed by atoms with Crippen molar-refractivity contribution >= 4 is 10.0 Å². The third-order valence-corrected chi connectivity index (χ3v) is 5.79. The smallest absolute Gasteiger partial charge is 0.212 e. The highest BCUT2D eigenvalue weighted by Crippen LogP contribution is 2.24. The number of sulfonamides is 1. The predicted molar refractivity (Wildman–Crippen MR) is 74.0 cm³/mol. The molecule has 0 aromatic heterocycles. The molecule has 2 aliphatic rings. The lowest BCUT2D eigenvalue weighted by Crippen LogP contribution is -2.49. The van der Waals surface area contributed by atoms with Crippen molar-refractivity contribution in [2.24, 2.45) is 5.92 Å². The Labute approximate surface area is 111 Å². The van der Waals surface area contributed by atoms with E-state index in [9.17, 15) is 8.42 Å². The van der Waals surface area contributed by atoms with Crippen LogP contribution in [0, 0.1) is 5.92 Å². The van der Waals surface area contributed by atoms with Crippen LogP contribution in [-0.4, -0.2) is 32.8 Å². The van der Waals surface area contributed by atoms with E-state index >= 15 is 0 Å². The van der Waals surface area contributed by atoms with Crippen LogP contribution in [0.5, 0.6) is 0 Å². The average Bonchev–Trinajstić information content (AvgIpc) is 2.32. The minimum absolute atomic E-state index is 0.0924. The van der Waals surface area contributed by atoms with Crippen LogP contribution in [0.3, 0.4) is 0 Å². The van der Waals surface area contributed by atoms with Crippen LogP contribution in [0.25, 0.3) is 0 Å². The van der Waals surface area contributed by atoms with E-state index in [-0.39, 0.29) is 6.04 Å². The third kappa shape index (κ3) is 4.52. The maximum absolute atomic E-state index is 12.1. The zero-order valence-electron chi connectivity index (χ0n) is 11.3. The maximum atomic E-state index is 12.1. The van der Waals surface area contributed by atoms with Gasteiger partial charge in [-0.1, -0.05) is 19.3 Å². The van der Waals surface area contributed by atoms with E-state index in [0.29, 0.717) is 17.7 Å². The van der Waals surface area contributed by atoms with Gasteiger partial charge >= 0.3 is 0 Å². The second kappa shape index (κ2) is 6.35. The Morgan fingerprint density at radius 2 is 1.83 bits per heavy atom. The van der Waals surface area contributed by atoms with Crippen LogP contribution >= 0.6 is 0 Å². The second-order valence-electron chi connectivity index (χ2n) is 5.99. The molecule has 0 spiro atoms. The Morgan fingerprint density at radius 3 is 2.44 bits per heavy atom. The van der Waals surface area contributed by atoms with Gasteiger partial charge in [0.25, 0.3) is 0 Å². The SMILES string of the molecule is CC1CCC(NS(=O)(=O)CC2CCCCC2)CN1. The van der Waals surface area contributed by atoms with Crippen molar-refractivity contribution in [3.63, 3.8) is 0 Å². The molecule has 0 aromatic carbocycles. The molecule has 4 nitrogen and oxygen atoms in total. The molecule has 0 bridgehead atoms. The quantitative estimate of drug-likeness (QED) is 0.819. The summed E-state index contributed by atoms with van der Waals surface area (Å²) in [5.41, 5.74) is 0. The molecule has 2 rings (SSSR count). The van der Waals surface area contributed by atoms with Gasteiger partial charge in [0.1, 0.15) is 0 Å². The highest BCUT2D eigenvalue weighted by atomic mass is 32.2. The summed E-state index contributed by atoms with van der Waals surface area (Å²) < 4.78 is 27.1. The number of hydrogen-bond acceptors (Lipinski definition) is 3. The van der Waals surface area contributed by atoms with E-state index in [0.717, 1.165) is 32.2 Å². The summed E-state index contributed by atoms with van der Waals surface area (Å²) in [5.74, 6) is 0.714. The topological polar surface area (TPSA) is 58.2 Å². The first-order valence-electron chi connectivity index (χ1n) is 7.28. The zero-order valence-corrected chi connectivity index (χ0v) is 12.1. The number of piperidine rings is 1. The lowest BCUT2D eigenvalue weighted by Gasteiger charge is -2.29. The zero-order chi connectivity index (χ0) is 13.0. The molecule has 2 N–H and O–H groups in total. The molecular formula is C13H26N2O2S. The fraction of sp³-hybridized carbons (Fsp3) is 1.00. The largest absolute Gasteiger partial charge is 0.313 e. The van der Waals surface area contributed by atoms with Crippen molar-refractivity contribution in [3.8, 4) is 0 Å². The third-order valence-electron chi connectivity index (χ3n) is 4.19. The maximum Gasteiger partial charge on any atom is 0.212 e. The Kier molecular flexibility index (Phi) is 5.04. The first-order chi connectivity index (χ1) is 8.55. The van der Waals surface area contributed by atoms with Crippen molar-refractivity contribution in [2.75, 3.05) is 12.3 Å². The molecular weight excluding hydrogens is 248 g/mol. The van der Waals surface area contributed by atoms with Gasteiger partial charge in [-0.05, 0) is 38.5 Å². The van der Waals surface area contributed by atoms with Gasteiger partial charge in [-0.2, -0.15) is 0 Å². The average molecular weight is 274 g/mol. The van der Waals surface area contributed by atoms with Crippen LogP contribution < -0.4 is 10.0 Å². The molecule has 0 amide bonds. The summed E-state index contributed by atoms with van der Waals surface area (Å²) in [6.07, 6.45) is 7.84. The van der Waals surface area contributed by atoms with Gasteiger partial charge in [-0.25, -0.2) is 13.1 Å². The fourth-order valence-electron chi connectivity index (χ4n) is 3.07. The van der Waals surface area contributed by atoms with Gasteiger partial charge in [0.05, 0.1) is 5.75 Å². The molecule has 0 aromatic rings. The Bertz CT molecular complexity index is 342. The molecule has 0 radical (unpaired) electrons. The van der Waals surface area contributed by atoms with E-state index in [2.05, 4.69) is 17.0 Å². The monoisotopic (exact) mass is 274 g/mol. The lowest BCUT2D eigenvalue weighted by atomic mass is 9.91. The molecule has 2 fully saturated rings. The highest BCUT2D eigenvalue weighted by molar-refractivity contribution is 7.89. The first-order valence-corrected chi connectivity index (χ1v) is 8.94. The summed E-state index contributed by atoms with van der Waals surface area (Å²) >= 11 is 0. The van der Waals surface area contributed by atoms with Crippen molar-refractivity contribution < 1.29 is 8.42 Å². The van der Waals surface area contributed by atoms with E-state index < -0.39 is 10.0 Å². The van der Waals surface area contributed by atoms with Gasteiger partial charge in [-0.15, -0.1) is 0 Å². The Hall–Kier alpha value is -0.130. The van der Waals surface area contributed by atoms with Crippen LogP contribution in [-0.2, 0) is 10.0 Å². The van der Waals surface area contributed by atoms with E-state index in [1.807, 2.05) is 0 Å². The summed E-state index contributed by atoms with van der Waals surface area (Å²) in [6, 6.07) is 0.610. The van der Waals surface area contributed by atoms with Crippen molar-refractivity contribution in [1.29, 1.82) is 0 Å². The minimum Gasteiger partial charge on any atom is -0.313 e. The summed E-state index contributed by atoms with van der Waals surface area (Å²) in [6.45, 7) is 2.91. The van der Waals surface area contributed by atoms with Gasteiger partial charge in [-0.3, -0.25) is 0 Å². The normalized spacial score (nSPS) is 31.4. The van der Waals surface area contributed by atoms with E-state index in [1.165, 1.54) is 19.3 Å². The van der Waals surface area contributed by atoms with Crippen LogP contribution in [0.1, 0.15) is 51.9 Å². The molecule has 1 aliphatic carbocycles.